The fourth-order valence-corrected chi connectivity index (χ4v) is 10.4. The maximum absolute atomic E-state index is 14.6. The molecule has 4 N–H and O–H groups in total. The van der Waals surface area contributed by atoms with E-state index >= 15 is 0 Å². The van der Waals surface area contributed by atoms with E-state index in [-0.39, 0.29) is 29.5 Å². The number of hydrogen-bond donors (Lipinski definition) is 4. The molecule has 5 amide bonds. The number of amides is 5. The quantitative estimate of drug-likeness (QED) is 0.184. The fourth-order valence-electron chi connectivity index (χ4n) is 7.94. The first-order valence-electron chi connectivity index (χ1n) is 19.6. The minimum Gasteiger partial charge on any atom is -0.347 e. The number of nitrogens with one attached hydrogen (secondary N) is 4. The highest BCUT2D eigenvalue weighted by molar-refractivity contribution is 7.89. The Labute approximate surface area is 312 Å². The third-order valence-electron chi connectivity index (χ3n) is 11.3. The number of carbonyl (C=O) groups is 5. The standard InChI is InChI=1S/C38H66N6O7S/c1-10-44(37(7,8)9)52(50,51)23-38(18-12-11-13-19-38)42-35(49)41-31(36(4,5)6)34(48)43-22-26(24(2)3)21-29(43)32(46)40-28(20-25-14-15-25)30(45)33(47)39-27-16-17-27/h24-29,31H,10-23H2,1-9H3,(H,39,47)(H,40,46)(H2,41,42,49)/t26-,28+,29+,31-/m1/s1. The molecule has 13 nitrogen and oxygen atoms in total. The lowest BCUT2D eigenvalue weighted by Gasteiger charge is -2.42. The summed E-state index contributed by atoms with van der Waals surface area (Å²) in [5.74, 6) is -2.04. The van der Waals surface area contributed by atoms with Gasteiger partial charge < -0.3 is 26.2 Å². The lowest BCUT2D eigenvalue weighted by Crippen LogP contribution is -2.64. The fraction of sp³-hybridized carbons (Fsp3) is 0.868. The zero-order chi connectivity index (χ0) is 38.8. The summed E-state index contributed by atoms with van der Waals surface area (Å²) in [5.41, 5.74) is -2.40. The summed E-state index contributed by atoms with van der Waals surface area (Å²) < 4.78 is 29.1. The number of sulfonamides is 1. The minimum absolute atomic E-state index is 0.00457. The number of Topliss-reactive ketones (excluding diaryl/α,β-unsaturated/α-hetero) is 1. The van der Waals surface area contributed by atoms with E-state index in [1.165, 1.54) is 9.21 Å². The van der Waals surface area contributed by atoms with Crippen molar-refractivity contribution in [1.29, 1.82) is 0 Å². The molecule has 4 fully saturated rings. The van der Waals surface area contributed by atoms with Crippen LogP contribution in [-0.2, 0) is 29.2 Å². The van der Waals surface area contributed by atoms with Crippen molar-refractivity contribution in [3.05, 3.63) is 0 Å². The Kier molecular flexibility index (Phi) is 13.2. The molecule has 52 heavy (non-hydrogen) atoms. The summed E-state index contributed by atoms with van der Waals surface area (Å²) in [6.45, 7) is 17.6. The van der Waals surface area contributed by atoms with Gasteiger partial charge in [-0.1, -0.05) is 73.6 Å². The number of nitrogens with zero attached hydrogens (tertiary/aromatic N) is 2. The molecule has 0 radical (unpaired) electrons. The van der Waals surface area contributed by atoms with Crippen molar-refractivity contribution < 1.29 is 32.4 Å². The lowest BCUT2D eigenvalue weighted by atomic mass is 9.83. The Morgan fingerprint density at radius 1 is 0.904 bits per heavy atom. The zero-order valence-electron chi connectivity index (χ0n) is 33.1. The number of urea groups is 1. The molecule has 0 aromatic rings. The molecule has 0 bridgehead atoms. The molecule has 0 unspecified atom stereocenters. The van der Waals surface area contributed by atoms with E-state index in [0.717, 1.165) is 44.9 Å². The van der Waals surface area contributed by atoms with Crippen LogP contribution >= 0.6 is 0 Å². The lowest BCUT2D eigenvalue weighted by molar-refractivity contribution is -0.144. The van der Waals surface area contributed by atoms with Crippen LogP contribution in [0.25, 0.3) is 0 Å². The molecule has 4 rings (SSSR count). The van der Waals surface area contributed by atoms with E-state index in [1.807, 2.05) is 62.3 Å². The van der Waals surface area contributed by atoms with Crippen LogP contribution in [0.2, 0.25) is 0 Å². The molecule has 1 heterocycles. The number of ketones is 1. The first-order valence-corrected chi connectivity index (χ1v) is 21.2. The van der Waals surface area contributed by atoms with Crippen LogP contribution in [0.1, 0.15) is 133 Å². The highest BCUT2D eigenvalue weighted by Crippen LogP contribution is 2.36. The number of rotatable bonds is 15. The average molecular weight is 751 g/mol. The second kappa shape index (κ2) is 16.3. The largest absolute Gasteiger partial charge is 0.347 e. The molecule has 3 aliphatic carbocycles. The van der Waals surface area contributed by atoms with Gasteiger partial charge in [0, 0.05) is 24.7 Å². The van der Waals surface area contributed by atoms with Crippen LogP contribution in [0, 0.1) is 23.2 Å². The summed E-state index contributed by atoms with van der Waals surface area (Å²) >= 11 is 0. The molecule has 1 saturated heterocycles. The molecule has 0 aromatic carbocycles. The highest BCUT2D eigenvalue weighted by Gasteiger charge is 2.48. The number of carbonyl (C=O) groups excluding carboxylic acids is 5. The monoisotopic (exact) mass is 750 g/mol. The van der Waals surface area contributed by atoms with Gasteiger partial charge in [0.25, 0.3) is 5.91 Å². The predicted octanol–water partition coefficient (Wildman–Crippen LogP) is 3.86. The normalized spacial score (nSPS) is 23.6. The summed E-state index contributed by atoms with van der Waals surface area (Å²) in [4.78, 5) is 70.0. The SMILES string of the molecule is CCN(C(C)(C)C)S(=O)(=O)CC1(NC(=O)N[C@H](C(=O)N2C[C@H](C(C)C)C[C@H]2C(=O)N[C@@H](CC2CC2)C(=O)C(=O)NC2CC2)C(C)(C)C)CCCCC1. The molecular weight excluding hydrogens is 685 g/mol. The highest BCUT2D eigenvalue weighted by atomic mass is 32.2. The molecule has 4 aliphatic rings. The van der Waals surface area contributed by atoms with Crippen LogP contribution in [0.15, 0.2) is 0 Å². The maximum atomic E-state index is 14.6. The topological polar surface area (TPSA) is 174 Å². The van der Waals surface area contributed by atoms with Crippen LogP contribution in [0.3, 0.4) is 0 Å². The van der Waals surface area contributed by atoms with Crippen LogP contribution < -0.4 is 21.3 Å². The van der Waals surface area contributed by atoms with Gasteiger partial charge in [0.05, 0.1) is 17.3 Å². The smallest absolute Gasteiger partial charge is 0.315 e. The molecule has 4 atom stereocenters. The minimum atomic E-state index is -3.76. The molecular formula is C38H66N6O7S. The third kappa shape index (κ3) is 10.9. The van der Waals surface area contributed by atoms with Gasteiger partial charge >= 0.3 is 6.03 Å². The van der Waals surface area contributed by atoms with Gasteiger partial charge in [-0.05, 0) is 82.5 Å². The van der Waals surface area contributed by atoms with Gasteiger partial charge in [0.15, 0.2) is 0 Å². The van der Waals surface area contributed by atoms with Gasteiger partial charge in [0.1, 0.15) is 12.1 Å². The molecule has 0 spiro atoms. The van der Waals surface area contributed by atoms with Crippen LogP contribution in [0.5, 0.6) is 0 Å². The Bertz CT molecular complexity index is 1440. The first kappa shape index (κ1) is 42.0. The van der Waals surface area contributed by atoms with Crippen LogP contribution in [0.4, 0.5) is 4.79 Å². The van der Waals surface area contributed by atoms with Gasteiger partial charge in [0.2, 0.25) is 27.6 Å². The van der Waals surface area contributed by atoms with Crippen molar-refractivity contribution in [2.45, 2.75) is 168 Å². The Morgan fingerprint density at radius 2 is 1.52 bits per heavy atom. The Hall–Kier alpha value is -2.74. The van der Waals surface area contributed by atoms with E-state index in [1.54, 1.807) is 0 Å². The van der Waals surface area contributed by atoms with E-state index in [9.17, 15) is 32.4 Å². The van der Waals surface area contributed by atoms with Crippen molar-refractivity contribution in [3.8, 4) is 0 Å². The Morgan fingerprint density at radius 3 is 2.02 bits per heavy atom. The Balaban J connectivity index is 1.54. The van der Waals surface area contributed by atoms with Crippen molar-refractivity contribution in [3.63, 3.8) is 0 Å². The summed E-state index contributed by atoms with van der Waals surface area (Å²) in [7, 11) is -3.76. The van der Waals surface area contributed by atoms with E-state index in [4.69, 9.17) is 0 Å². The predicted molar refractivity (Wildman–Crippen MR) is 201 cm³/mol. The van der Waals surface area contributed by atoms with E-state index in [2.05, 4.69) is 21.3 Å². The number of likely N-dealkylation sites (tertiary alicyclic amines) is 1. The summed E-state index contributed by atoms with van der Waals surface area (Å²) in [5, 5.41) is 11.6. The third-order valence-corrected chi connectivity index (χ3v) is 13.7. The van der Waals surface area contributed by atoms with E-state index in [0.29, 0.717) is 38.8 Å². The van der Waals surface area contributed by atoms with Crippen LogP contribution in [-0.4, -0.2) is 101 Å². The first-order chi connectivity index (χ1) is 24.1. The molecule has 14 heteroatoms. The van der Waals surface area contributed by atoms with Crippen molar-refractivity contribution in [1.82, 2.24) is 30.5 Å². The van der Waals surface area contributed by atoms with Gasteiger partial charge in [-0.2, -0.15) is 4.31 Å². The maximum Gasteiger partial charge on any atom is 0.315 e. The molecule has 296 valence electrons. The molecule has 0 aromatic heterocycles. The van der Waals surface area contributed by atoms with Gasteiger partial charge in [-0.25, -0.2) is 13.2 Å². The second-order valence-corrected chi connectivity index (χ2v) is 20.3. The second-order valence-electron chi connectivity index (χ2n) is 18.4. The zero-order valence-corrected chi connectivity index (χ0v) is 33.9. The average Bonchev–Trinajstić information content (AvgIpc) is 3.96. The summed E-state index contributed by atoms with van der Waals surface area (Å²) in [6, 6.07) is -3.51. The molecule has 1 aliphatic heterocycles. The number of hydrogen-bond acceptors (Lipinski definition) is 7. The van der Waals surface area contributed by atoms with Gasteiger partial charge in [-0.3, -0.25) is 19.2 Å². The summed E-state index contributed by atoms with van der Waals surface area (Å²) in [6.07, 6.45) is 7.81. The van der Waals surface area contributed by atoms with Crippen molar-refractivity contribution in [2.75, 3.05) is 18.8 Å². The van der Waals surface area contributed by atoms with E-state index < -0.39 is 74.2 Å². The van der Waals surface area contributed by atoms with Crippen molar-refractivity contribution >= 4 is 39.6 Å². The van der Waals surface area contributed by atoms with Gasteiger partial charge in [-0.15, -0.1) is 0 Å². The molecule has 3 saturated carbocycles. The van der Waals surface area contributed by atoms with Crippen molar-refractivity contribution in [2.24, 2.45) is 23.2 Å².